The van der Waals surface area contributed by atoms with Gasteiger partial charge in [0.2, 0.25) is 5.91 Å². The zero-order valence-electron chi connectivity index (χ0n) is 13.5. The third-order valence-corrected chi connectivity index (χ3v) is 4.03. The third kappa shape index (κ3) is 2.80. The Morgan fingerprint density at radius 1 is 1.21 bits per heavy atom. The lowest BCUT2D eigenvalue weighted by Crippen LogP contribution is -2.48. The van der Waals surface area contributed by atoms with Gasteiger partial charge in [0, 0.05) is 26.2 Å². The quantitative estimate of drug-likeness (QED) is 0.822. The van der Waals surface area contributed by atoms with Crippen molar-refractivity contribution in [2.75, 3.05) is 6.54 Å². The summed E-state index contributed by atoms with van der Waals surface area (Å²) in [6.07, 6.45) is 4.15. The van der Waals surface area contributed by atoms with Crippen molar-refractivity contribution in [3.05, 3.63) is 53.6 Å². The number of hydrogen-bond donors (Lipinski definition) is 1. The number of aromatic nitrogens is 2. The summed E-state index contributed by atoms with van der Waals surface area (Å²) in [5, 5.41) is 2.75. The summed E-state index contributed by atoms with van der Waals surface area (Å²) in [7, 11) is 1.87. The van der Waals surface area contributed by atoms with E-state index in [1.807, 2.05) is 17.8 Å². The zero-order chi connectivity index (χ0) is 17.3. The Morgan fingerprint density at radius 3 is 2.38 bits per heavy atom. The van der Waals surface area contributed by atoms with Gasteiger partial charge in [-0.25, -0.2) is 4.98 Å². The molecule has 2 heterocycles. The van der Waals surface area contributed by atoms with Crippen molar-refractivity contribution in [2.45, 2.75) is 19.4 Å². The number of carbonyl (C=O) groups is 3. The molecule has 7 nitrogen and oxygen atoms in total. The van der Waals surface area contributed by atoms with Crippen LogP contribution in [0.4, 0.5) is 0 Å². The number of rotatable bonds is 5. The number of hydrogen-bond acceptors (Lipinski definition) is 4. The van der Waals surface area contributed by atoms with Crippen LogP contribution in [-0.4, -0.2) is 44.8 Å². The number of amides is 3. The van der Waals surface area contributed by atoms with Crippen LogP contribution in [0.1, 0.15) is 33.3 Å². The molecule has 3 amide bonds. The molecule has 0 aliphatic carbocycles. The van der Waals surface area contributed by atoms with E-state index in [0.717, 1.165) is 10.6 Å². The van der Waals surface area contributed by atoms with Gasteiger partial charge in [0.15, 0.2) is 0 Å². The molecule has 3 rings (SSSR count). The highest BCUT2D eigenvalue weighted by molar-refractivity contribution is 6.22. The standard InChI is InChI=1S/C17H18N4O3/c1-11(15(22)18-8-7-12-9-20(2)10-19-12)21-16(23)13-5-3-4-6-14(13)17(21)24/h3-6,9-11H,7-8H2,1-2H3,(H,18,22). The molecule has 1 aromatic heterocycles. The van der Waals surface area contributed by atoms with Crippen LogP contribution in [0.15, 0.2) is 36.8 Å². The molecular formula is C17H18N4O3. The number of imide groups is 1. The molecule has 1 aromatic carbocycles. The normalized spacial score (nSPS) is 14.7. The lowest BCUT2D eigenvalue weighted by molar-refractivity contribution is -0.124. The van der Waals surface area contributed by atoms with E-state index >= 15 is 0 Å². The van der Waals surface area contributed by atoms with E-state index < -0.39 is 17.9 Å². The molecule has 1 aliphatic rings. The van der Waals surface area contributed by atoms with Gasteiger partial charge in [0.1, 0.15) is 6.04 Å². The predicted octanol–water partition coefficient (Wildman–Crippen LogP) is 0.763. The molecule has 1 N–H and O–H groups in total. The van der Waals surface area contributed by atoms with Crippen LogP contribution in [0.2, 0.25) is 0 Å². The average molecular weight is 326 g/mol. The van der Waals surface area contributed by atoms with Gasteiger partial charge in [-0.1, -0.05) is 12.1 Å². The highest BCUT2D eigenvalue weighted by Gasteiger charge is 2.40. The van der Waals surface area contributed by atoms with E-state index in [0.29, 0.717) is 24.1 Å². The summed E-state index contributed by atoms with van der Waals surface area (Å²) in [5.41, 5.74) is 1.55. The number of aryl methyl sites for hydroxylation is 1. The maximum atomic E-state index is 12.4. The minimum absolute atomic E-state index is 0.343. The fourth-order valence-corrected chi connectivity index (χ4v) is 2.73. The summed E-state index contributed by atoms with van der Waals surface area (Å²) < 4.78 is 1.83. The van der Waals surface area contributed by atoms with Gasteiger partial charge < -0.3 is 9.88 Å². The number of nitrogens with zero attached hydrogens (tertiary/aromatic N) is 3. The predicted molar refractivity (Wildman–Crippen MR) is 86.3 cm³/mol. The highest BCUT2D eigenvalue weighted by Crippen LogP contribution is 2.24. The van der Waals surface area contributed by atoms with E-state index in [4.69, 9.17) is 0 Å². The summed E-state index contributed by atoms with van der Waals surface area (Å²) in [6.45, 7) is 1.95. The molecular weight excluding hydrogens is 308 g/mol. The summed E-state index contributed by atoms with van der Waals surface area (Å²) >= 11 is 0. The van der Waals surface area contributed by atoms with E-state index in [1.165, 1.54) is 0 Å². The monoisotopic (exact) mass is 326 g/mol. The molecule has 0 radical (unpaired) electrons. The maximum Gasteiger partial charge on any atom is 0.262 e. The van der Waals surface area contributed by atoms with Crippen molar-refractivity contribution in [1.82, 2.24) is 19.8 Å². The largest absolute Gasteiger partial charge is 0.354 e. The third-order valence-electron chi connectivity index (χ3n) is 4.03. The first-order chi connectivity index (χ1) is 11.5. The van der Waals surface area contributed by atoms with Crippen molar-refractivity contribution in [3.63, 3.8) is 0 Å². The van der Waals surface area contributed by atoms with Gasteiger partial charge in [0.25, 0.3) is 11.8 Å². The van der Waals surface area contributed by atoms with Crippen molar-refractivity contribution < 1.29 is 14.4 Å². The molecule has 1 aliphatic heterocycles. The van der Waals surface area contributed by atoms with Gasteiger partial charge in [-0.05, 0) is 19.1 Å². The van der Waals surface area contributed by atoms with Gasteiger partial charge >= 0.3 is 0 Å². The Hall–Kier alpha value is -2.96. The summed E-state index contributed by atoms with van der Waals surface area (Å²) in [5.74, 6) is -1.22. The fraction of sp³-hybridized carbons (Fsp3) is 0.294. The van der Waals surface area contributed by atoms with Crippen molar-refractivity contribution >= 4 is 17.7 Å². The Labute approximate surface area is 139 Å². The first-order valence-corrected chi connectivity index (χ1v) is 7.70. The van der Waals surface area contributed by atoms with E-state index in [-0.39, 0.29) is 5.91 Å². The average Bonchev–Trinajstić information content (AvgIpc) is 3.09. The molecule has 2 aromatic rings. The fourth-order valence-electron chi connectivity index (χ4n) is 2.73. The molecule has 0 fully saturated rings. The number of nitrogens with one attached hydrogen (secondary N) is 1. The van der Waals surface area contributed by atoms with Crippen molar-refractivity contribution in [1.29, 1.82) is 0 Å². The molecule has 24 heavy (non-hydrogen) atoms. The number of imidazole rings is 1. The van der Waals surface area contributed by atoms with Crippen LogP contribution in [0.3, 0.4) is 0 Å². The molecule has 7 heteroatoms. The molecule has 124 valence electrons. The van der Waals surface area contributed by atoms with Crippen LogP contribution in [0.5, 0.6) is 0 Å². The Kier molecular flexibility index (Phi) is 4.16. The summed E-state index contributed by atoms with van der Waals surface area (Å²) in [6, 6.07) is 5.74. The van der Waals surface area contributed by atoms with E-state index in [2.05, 4.69) is 10.3 Å². The topological polar surface area (TPSA) is 84.3 Å². The van der Waals surface area contributed by atoms with Crippen LogP contribution in [0.25, 0.3) is 0 Å². The number of carbonyl (C=O) groups excluding carboxylic acids is 3. The minimum atomic E-state index is -0.860. The first kappa shape index (κ1) is 15.9. The van der Waals surface area contributed by atoms with Crippen LogP contribution >= 0.6 is 0 Å². The SMILES string of the molecule is CC(C(=O)NCCc1cn(C)cn1)N1C(=O)c2ccccc2C1=O. The second kappa shape index (κ2) is 6.27. The lowest BCUT2D eigenvalue weighted by Gasteiger charge is -2.21. The van der Waals surface area contributed by atoms with Crippen LogP contribution in [-0.2, 0) is 18.3 Å². The molecule has 1 atom stereocenters. The lowest BCUT2D eigenvalue weighted by atomic mass is 10.1. The maximum absolute atomic E-state index is 12.4. The first-order valence-electron chi connectivity index (χ1n) is 7.70. The Morgan fingerprint density at radius 2 is 1.83 bits per heavy atom. The molecule has 0 bridgehead atoms. The molecule has 0 spiro atoms. The van der Waals surface area contributed by atoms with Gasteiger partial charge in [0.05, 0.1) is 23.1 Å². The highest BCUT2D eigenvalue weighted by atomic mass is 16.2. The summed E-state index contributed by atoms with van der Waals surface area (Å²) in [4.78, 5) is 42.2. The van der Waals surface area contributed by atoms with Gasteiger partial charge in [-0.2, -0.15) is 0 Å². The smallest absolute Gasteiger partial charge is 0.262 e. The second-order valence-corrected chi connectivity index (χ2v) is 5.77. The Balaban J connectivity index is 1.62. The van der Waals surface area contributed by atoms with E-state index in [1.54, 1.807) is 37.5 Å². The molecule has 1 unspecified atom stereocenters. The number of benzene rings is 1. The van der Waals surface area contributed by atoms with Gasteiger partial charge in [-0.3, -0.25) is 19.3 Å². The second-order valence-electron chi connectivity index (χ2n) is 5.77. The zero-order valence-corrected chi connectivity index (χ0v) is 13.5. The van der Waals surface area contributed by atoms with Gasteiger partial charge in [-0.15, -0.1) is 0 Å². The Bertz CT molecular complexity index is 777. The molecule has 0 saturated heterocycles. The number of fused-ring (bicyclic) bond motifs is 1. The van der Waals surface area contributed by atoms with Crippen LogP contribution in [0, 0.1) is 0 Å². The van der Waals surface area contributed by atoms with Crippen molar-refractivity contribution in [3.8, 4) is 0 Å². The van der Waals surface area contributed by atoms with Crippen LogP contribution < -0.4 is 5.32 Å². The minimum Gasteiger partial charge on any atom is -0.354 e. The van der Waals surface area contributed by atoms with E-state index in [9.17, 15) is 14.4 Å². The molecule has 0 saturated carbocycles. The van der Waals surface area contributed by atoms with Crippen molar-refractivity contribution in [2.24, 2.45) is 7.05 Å².